The molecule has 0 saturated carbocycles. The predicted octanol–water partition coefficient (Wildman–Crippen LogP) is 0.520. The van der Waals surface area contributed by atoms with Crippen LogP contribution < -0.4 is 11.1 Å². The molecule has 0 aromatic heterocycles. The monoisotopic (exact) mass is 274 g/mol. The molecule has 1 aromatic rings. The van der Waals surface area contributed by atoms with Crippen LogP contribution in [0.3, 0.4) is 0 Å². The Labute approximate surface area is 119 Å². The van der Waals surface area contributed by atoms with Crippen molar-refractivity contribution in [2.24, 2.45) is 10.7 Å². The van der Waals surface area contributed by atoms with Crippen molar-refractivity contribution in [2.45, 2.75) is 12.5 Å². The summed E-state index contributed by atoms with van der Waals surface area (Å²) in [7, 11) is 0. The molecule has 1 saturated heterocycles. The van der Waals surface area contributed by atoms with Crippen LogP contribution >= 0.6 is 0 Å². The molecule has 5 heteroatoms. The Morgan fingerprint density at radius 2 is 2.15 bits per heavy atom. The average Bonchev–Trinajstić information content (AvgIpc) is 2.53. The van der Waals surface area contributed by atoms with Crippen LogP contribution in [0.5, 0.6) is 0 Å². The topological polar surface area (TPSA) is 62.9 Å². The summed E-state index contributed by atoms with van der Waals surface area (Å²) < 4.78 is 5.33. The molecule has 1 fully saturated rings. The Bertz CT molecular complexity index is 483. The van der Waals surface area contributed by atoms with Crippen molar-refractivity contribution in [2.75, 3.05) is 39.4 Å². The van der Waals surface area contributed by atoms with Gasteiger partial charge in [-0.05, 0) is 24.1 Å². The van der Waals surface area contributed by atoms with Crippen LogP contribution in [0, 0.1) is 0 Å². The van der Waals surface area contributed by atoms with Crippen LogP contribution in [0.2, 0.25) is 0 Å². The average molecular weight is 274 g/mol. The highest BCUT2D eigenvalue weighted by Gasteiger charge is 2.19. The first kappa shape index (κ1) is 13.4. The number of nitrogens with one attached hydrogen (secondary N) is 1. The maximum Gasteiger partial charge on any atom is 0.191 e. The summed E-state index contributed by atoms with van der Waals surface area (Å²) >= 11 is 0. The van der Waals surface area contributed by atoms with Crippen molar-refractivity contribution in [3.63, 3.8) is 0 Å². The van der Waals surface area contributed by atoms with E-state index in [4.69, 9.17) is 10.5 Å². The lowest BCUT2D eigenvalue weighted by Crippen LogP contribution is -2.45. The number of benzene rings is 1. The molecule has 1 unspecified atom stereocenters. The first-order chi connectivity index (χ1) is 9.84. The van der Waals surface area contributed by atoms with Crippen LogP contribution in [0.4, 0.5) is 0 Å². The highest BCUT2D eigenvalue weighted by atomic mass is 16.5. The number of rotatable bonds is 2. The minimum absolute atomic E-state index is 0.277. The van der Waals surface area contributed by atoms with Crippen LogP contribution in [0.15, 0.2) is 29.3 Å². The molecular formula is C15H22N4O. The molecule has 20 heavy (non-hydrogen) atoms. The fourth-order valence-electron chi connectivity index (χ4n) is 2.83. The second kappa shape index (κ2) is 6.24. The van der Waals surface area contributed by atoms with Gasteiger partial charge in [-0.15, -0.1) is 0 Å². The van der Waals surface area contributed by atoms with E-state index < -0.39 is 0 Å². The third-order valence-electron chi connectivity index (χ3n) is 3.99. The molecule has 108 valence electrons. The molecule has 0 bridgehead atoms. The van der Waals surface area contributed by atoms with Crippen molar-refractivity contribution in [1.29, 1.82) is 0 Å². The van der Waals surface area contributed by atoms with E-state index in [0.29, 0.717) is 12.5 Å². The maximum absolute atomic E-state index is 6.08. The lowest BCUT2D eigenvalue weighted by molar-refractivity contribution is 0.0674. The van der Waals surface area contributed by atoms with Gasteiger partial charge in [-0.3, -0.25) is 4.99 Å². The second-order valence-corrected chi connectivity index (χ2v) is 5.25. The number of guanidine groups is 1. The van der Waals surface area contributed by atoms with E-state index in [1.165, 1.54) is 11.1 Å². The van der Waals surface area contributed by atoms with Gasteiger partial charge in [-0.25, -0.2) is 0 Å². The third-order valence-corrected chi connectivity index (χ3v) is 3.99. The van der Waals surface area contributed by atoms with Crippen molar-refractivity contribution in [3.05, 3.63) is 35.4 Å². The summed E-state index contributed by atoms with van der Waals surface area (Å²) in [6.07, 6.45) is 1.09. The molecule has 2 aliphatic heterocycles. The van der Waals surface area contributed by atoms with E-state index in [1.807, 2.05) is 0 Å². The highest BCUT2D eigenvalue weighted by molar-refractivity contribution is 5.78. The van der Waals surface area contributed by atoms with Gasteiger partial charge in [0.15, 0.2) is 5.96 Å². The summed E-state index contributed by atoms with van der Waals surface area (Å²) in [5.41, 5.74) is 8.86. The van der Waals surface area contributed by atoms with E-state index in [0.717, 1.165) is 39.3 Å². The van der Waals surface area contributed by atoms with E-state index >= 15 is 0 Å². The third kappa shape index (κ3) is 2.94. The Morgan fingerprint density at radius 1 is 1.35 bits per heavy atom. The molecule has 2 aliphatic rings. The molecule has 3 N–H and O–H groups in total. The SMILES string of the molecule is NC(=NCC1NCCc2ccccc21)N1CCOCC1. The minimum atomic E-state index is 0.277. The zero-order valence-electron chi connectivity index (χ0n) is 11.7. The Morgan fingerprint density at radius 3 is 3.00 bits per heavy atom. The molecule has 2 heterocycles. The Balaban J connectivity index is 1.66. The lowest BCUT2D eigenvalue weighted by atomic mass is 9.94. The summed E-state index contributed by atoms with van der Waals surface area (Å²) in [5, 5.41) is 3.53. The van der Waals surface area contributed by atoms with Crippen molar-refractivity contribution in [1.82, 2.24) is 10.2 Å². The smallest absolute Gasteiger partial charge is 0.191 e. The number of fused-ring (bicyclic) bond motifs is 1. The number of hydrogen-bond donors (Lipinski definition) is 2. The van der Waals surface area contributed by atoms with Gasteiger partial charge in [0.1, 0.15) is 0 Å². The van der Waals surface area contributed by atoms with Gasteiger partial charge in [0.25, 0.3) is 0 Å². The summed E-state index contributed by atoms with van der Waals surface area (Å²) in [6, 6.07) is 8.87. The minimum Gasteiger partial charge on any atom is -0.378 e. The zero-order chi connectivity index (χ0) is 13.8. The Hall–Kier alpha value is -1.59. The molecule has 0 radical (unpaired) electrons. The van der Waals surface area contributed by atoms with Crippen LogP contribution in [-0.2, 0) is 11.2 Å². The van der Waals surface area contributed by atoms with Gasteiger partial charge in [-0.2, -0.15) is 0 Å². The summed E-state index contributed by atoms with van der Waals surface area (Å²) in [5.74, 6) is 0.637. The number of ether oxygens (including phenoxy) is 1. The number of aliphatic imine (C=N–C) groups is 1. The predicted molar refractivity (Wildman–Crippen MR) is 79.8 cm³/mol. The van der Waals surface area contributed by atoms with Gasteiger partial charge in [-0.1, -0.05) is 24.3 Å². The number of nitrogens with two attached hydrogens (primary N) is 1. The normalized spacial score (nSPS) is 23.5. The van der Waals surface area contributed by atoms with E-state index in [9.17, 15) is 0 Å². The Kier molecular flexibility index (Phi) is 4.18. The second-order valence-electron chi connectivity index (χ2n) is 5.25. The largest absolute Gasteiger partial charge is 0.378 e. The van der Waals surface area contributed by atoms with Crippen molar-refractivity contribution < 1.29 is 4.74 Å². The zero-order valence-corrected chi connectivity index (χ0v) is 11.7. The lowest BCUT2D eigenvalue weighted by Gasteiger charge is -2.29. The van der Waals surface area contributed by atoms with Crippen LogP contribution in [0.25, 0.3) is 0 Å². The molecular weight excluding hydrogens is 252 g/mol. The van der Waals surface area contributed by atoms with Crippen LogP contribution in [-0.4, -0.2) is 50.3 Å². The van der Waals surface area contributed by atoms with Gasteiger partial charge in [0, 0.05) is 13.1 Å². The molecule has 1 atom stereocenters. The van der Waals surface area contributed by atoms with Crippen molar-refractivity contribution >= 4 is 5.96 Å². The molecule has 3 rings (SSSR count). The van der Waals surface area contributed by atoms with E-state index in [1.54, 1.807) is 0 Å². The maximum atomic E-state index is 6.08. The van der Waals surface area contributed by atoms with Gasteiger partial charge < -0.3 is 20.7 Å². The fraction of sp³-hybridized carbons (Fsp3) is 0.533. The van der Waals surface area contributed by atoms with Gasteiger partial charge in [0.2, 0.25) is 0 Å². The molecule has 0 spiro atoms. The standard InChI is InChI=1S/C15H22N4O/c16-15(19-7-9-20-10-8-19)18-11-14-13-4-2-1-3-12(13)5-6-17-14/h1-4,14,17H,5-11H2,(H2,16,18). The highest BCUT2D eigenvalue weighted by Crippen LogP contribution is 2.22. The first-order valence-electron chi connectivity index (χ1n) is 7.28. The first-order valence-corrected chi connectivity index (χ1v) is 7.28. The molecule has 0 amide bonds. The molecule has 1 aromatic carbocycles. The molecule has 5 nitrogen and oxygen atoms in total. The number of nitrogens with zero attached hydrogens (tertiary/aromatic N) is 2. The summed E-state index contributed by atoms with van der Waals surface area (Å²) in [6.45, 7) is 4.85. The van der Waals surface area contributed by atoms with Gasteiger partial charge in [0.05, 0.1) is 25.8 Å². The van der Waals surface area contributed by atoms with Crippen molar-refractivity contribution in [3.8, 4) is 0 Å². The fourth-order valence-corrected chi connectivity index (χ4v) is 2.83. The van der Waals surface area contributed by atoms with E-state index in [2.05, 4.69) is 39.5 Å². The summed E-state index contributed by atoms with van der Waals surface area (Å²) in [4.78, 5) is 6.67. The number of morpholine rings is 1. The van der Waals surface area contributed by atoms with E-state index in [-0.39, 0.29) is 6.04 Å². The quantitative estimate of drug-likeness (QED) is 0.610. The molecule has 0 aliphatic carbocycles. The number of hydrogen-bond acceptors (Lipinski definition) is 3. The van der Waals surface area contributed by atoms with Gasteiger partial charge >= 0.3 is 0 Å². The van der Waals surface area contributed by atoms with Crippen LogP contribution in [0.1, 0.15) is 17.2 Å².